The standard InChI is InChI=1S/C23H24N2O4/c1-14-20(23(27)28-4)15(2)25-21(14)22(26)16(3)24-18-12-8-9-13-19(18)29-17-10-6-5-7-11-17/h5-13,16,24-25H,1-4H3/t16-/m1/s1. The Hall–Kier alpha value is -3.54. The van der Waals surface area contributed by atoms with Crippen LogP contribution < -0.4 is 10.1 Å². The minimum atomic E-state index is -0.544. The van der Waals surface area contributed by atoms with Gasteiger partial charge < -0.3 is 19.8 Å². The summed E-state index contributed by atoms with van der Waals surface area (Å²) < 4.78 is 10.8. The number of aromatic nitrogens is 1. The van der Waals surface area contributed by atoms with Crippen molar-refractivity contribution in [2.75, 3.05) is 12.4 Å². The van der Waals surface area contributed by atoms with E-state index in [0.29, 0.717) is 39.7 Å². The monoisotopic (exact) mass is 392 g/mol. The molecule has 0 radical (unpaired) electrons. The van der Waals surface area contributed by atoms with Crippen LogP contribution in [0.5, 0.6) is 11.5 Å². The maximum atomic E-state index is 13.0. The van der Waals surface area contributed by atoms with E-state index in [1.54, 1.807) is 20.8 Å². The van der Waals surface area contributed by atoms with Gasteiger partial charge in [-0.2, -0.15) is 0 Å². The molecule has 2 aromatic carbocycles. The molecule has 1 aromatic heterocycles. The van der Waals surface area contributed by atoms with E-state index >= 15 is 0 Å². The molecule has 0 amide bonds. The lowest BCUT2D eigenvalue weighted by atomic mass is 10.0. The smallest absolute Gasteiger partial charge is 0.339 e. The Morgan fingerprint density at radius 2 is 1.66 bits per heavy atom. The van der Waals surface area contributed by atoms with Gasteiger partial charge in [0.2, 0.25) is 5.78 Å². The summed E-state index contributed by atoms with van der Waals surface area (Å²) in [5, 5.41) is 3.22. The lowest BCUT2D eigenvalue weighted by molar-refractivity contribution is 0.0599. The first-order chi connectivity index (χ1) is 13.9. The molecule has 0 aliphatic carbocycles. The van der Waals surface area contributed by atoms with Crippen LogP contribution in [0.15, 0.2) is 54.6 Å². The first-order valence-electron chi connectivity index (χ1n) is 9.32. The van der Waals surface area contributed by atoms with Crippen LogP contribution >= 0.6 is 0 Å². The van der Waals surface area contributed by atoms with Crippen LogP contribution in [0, 0.1) is 13.8 Å². The number of esters is 1. The highest BCUT2D eigenvalue weighted by atomic mass is 16.5. The summed E-state index contributed by atoms with van der Waals surface area (Å²) in [7, 11) is 1.32. The van der Waals surface area contributed by atoms with Crippen molar-refractivity contribution < 1.29 is 19.1 Å². The number of carbonyl (C=O) groups excluding carboxylic acids is 2. The molecule has 6 heteroatoms. The number of anilines is 1. The number of benzene rings is 2. The van der Waals surface area contributed by atoms with Gasteiger partial charge >= 0.3 is 5.97 Å². The second-order valence-corrected chi connectivity index (χ2v) is 6.76. The predicted molar refractivity (Wildman–Crippen MR) is 112 cm³/mol. The number of hydrogen-bond acceptors (Lipinski definition) is 5. The molecule has 0 unspecified atom stereocenters. The maximum absolute atomic E-state index is 13.0. The normalized spacial score (nSPS) is 11.6. The van der Waals surface area contributed by atoms with Gasteiger partial charge in [0.15, 0.2) is 5.75 Å². The molecule has 3 rings (SSSR count). The minimum absolute atomic E-state index is 0.157. The van der Waals surface area contributed by atoms with Crippen LogP contribution in [0.3, 0.4) is 0 Å². The fourth-order valence-electron chi connectivity index (χ4n) is 3.21. The van der Waals surface area contributed by atoms with Gasteiger partial charge in [-0.25, -0.2) is 4.79 Å². The molecular weight excluding hydrogens is 368 g/mol. The average Bonchev–Trinajstić information content (AvgIpc) is 3.03. The van der Waals surface area contributed by atoms with Crippen molar-refractivity contribution in [1.82, 2.24) is 4.98 Å². The largest absolute Gasteiger partial charge is 0.465 e. The summed E-state index contributed by atoms with van der Waals surface area (Å²) in [4.78, 5) is 28.0. The topological polar surface area (TPSA) is 80.4 Å². The number of rotatable bonds is 7. The molecule has 0 spiro atoms. The fraction of sp³-hybridized carbons (Fsp3) is 0.217. The SMILES string of the molecule is COC(=O)c1c(C)[nH]c(C(=O)[C@@H](C)Nc2ccccc2Oc2ccccc2)c1C. The zero-order valence-corrected chi connectivity index (χ0v) is 16.9. The third-order valence-corrected chi connectivity index (χ3v) is 4.70. The molecule has 29 heavy (non-hydrogen) atoms. The van der Waals surface area contributed by atoms with Gasteiger partial charge in [-0.3, -0.25) is 4.79 Å². The highest BCUT2D eigenvalue weighted by Crippen LogP contribution is 2.30. The molecule has 150 valence electrons. The van der Waals surface area contributed by atoms with Gasteiger partial charge in [0.1, 0.15) is 5.75 Å². The Labute approximate surface area is 169 Å². The van der Waals surface area contributed by atoms with E-state index in [-0.39, 0.29) is 5.78 Å². The number of ether oxygens (including phenoxy) is 2. The number of hydrogen-bond donors (Lipinski definition) is 2. The van der Waals surface area contributed by atoms with Gasteiger partial charge in [0.05, 0.1) is 30.1 Å². The number of nitrogens with one attached hydrogen (secondary N) is 2. The van der Waals surface area contributed by atoms with Crippen molar-refractivity contribution >= 4 is 17.4 Å². The van der Waals surface area contributed by atoms with E-state index in [9.17, 15) is 9.59 Å². The third kappa shape index (κ3) is 4.32. The molecule has 1 heterocycles. The predicted octanol–water partition coefficient (Wildman–Crippen LogP) is 4.89. The Morgan fingerprint density at radius 1 is 1.00 bits per heavy atom. The van der Waals surface area contributed by atoms with E-state index in [1.807, 2.05) is 54.6 Å². The second-order valence-electron chi connectivity index (χ2n) is 6.76. The molecule has 0 fully saturated rings. The van der Waals surface area contributed by atoms with Crippen molar-refractivity contribution in [1.29, 1.82) is 0 Å². The van der Waals surface area contributed by atoms with Crippen LogP contribution in [0.4, 0.5) is 5.69 Å². The summed E-state index contributed by atoms with van der Waals surface area (Å²) in [5.74, 6) is 0.708. The number of Topliss-reactive ketones (excluding diaryl/α,β-unsaturated/α-hetero) is 1. The molecule has 0 aliphatic heterocycles. The Balaban J connectivity index is 1.82. The van der Waals surface area contributed by atoms with E-state index < -0.39 is 12.0 Å². The molecule has 0 aliphatic rings. The van der Waals surface area contributed by atoms with Gasteiger partial charge in [0, 0.05) is 5.69 Å². The molecule has 3 aromatic rings. The van der Waals surface area contributed by atoms with E-state index in [0.717, 1.165) is 0 Å². The van der Waals surface area contributed by atoms with Gasteiger partial charge in [-0.05, 0) is 50.6 Å². The molecule has 1 atom stereocenters. The van der Waals surface area contributed by atoms with Crippen molar-refractivity contribution in [3.8, 4) is 11.5 Å². The zero-order chi connectivity index (χ0) is 21.0. The van der Waals surface area contributed by atoms with E-state index in [1.165, 1.54) is 7.11 Å². The summed E-state index contributed by atoms with van der Waals surface area (Å²) >= 11 is 0. The number of para-hydroxylation sites is 3. The number of aryl methyl sites for hydroxylation is 1. The molecule has 0 saturated heterocycles. The first-order valence-corrected chi connectivity index (χ1v) is 9.32. The number of carbonyl (C=O) groups is 2. The Kier molecular flexibility index (Phi) is 6.02. The fourth-order valence-corrected chi connectivity index (χ4v) is 3.21. The summed E-state index contributed by atoms with van der Waals surface area (Å²) in [6.45, 7) is 5.26. The van der Waals surface area contributed by atoms with Gasteiger partial charge in [0.25, 0.3) is 0 Å². The second kappa shape index (κ2) is 8.65. The van der Waals surface area contributed by atoms with Gasteiger partial charge in [-0.15, -0.1) is 0 Å². The quantitative estimate of drug-likeness (QED) is 0.442. The van der Waals surface area contributed by atoms with Crippen LogP contribution in [-0.4, -0.2) is 29.9 Å². The van der Waals surface area contributed by atoms with Crippen LogP contribution in [0.25, 0.3) is 0 Å². The summed E-state index contributed by atoms with van der Waals surface area (Å²) in [6.07, 6.45) is 0. The minimum Gasteiger partial charge on any atom is -0.465 e. The Bertz CT molecular complexity index is 1020. The maximum Gasteiger partial charge on any atom is 0.339 e. The summed E-state index contributed by atoms with van der Waals surface area (Å²) in [5.41, 5.74) is 2.69. The van der Waals surface area contributed by atoms with E-state index in [2.05, 4.69) is 10.3 Å². The number of methoxy groups -OCH3 is 1. The molecular formula is C23H24N2O4. The number of aromatic amines is 1. The highest BCUT2D eigenvalue weighted by molar-refractivity contribution is 6.04. The molecule has 2 N–H and O–H groups in total. The number of H-pyrrole nitrogens is 1. The third-order valence-electron chi connectivity index (χ3n) is 4.70. The van der Waals surface area contributed by atoms with Gasteiger partial charge in [-0.1, -0.05) is 30.3 Å². The van der Waals surface area contributed by atoms with Crippen molar-refractivity contribution in [2.24, 2.45) is 0 Å². The Morgan fingerprint density at radius 3 is 2.34 bits per heavy atom. The lowest BCUT2D eigenvalue weighted by Crippen LogP contribution is -2.27. The van der Waals surface area contributed by atoms with Crippen LogP contribution in [-0.2, 0) is 4.74 Å². The van der Waals surface area contributed by atoms with Crippen molar-refractivity contribution in [2.45, 2.75) is 26.8 Å². The molecule has 0 saturated carbocycles. The van der Waals surface area contributed by atoms with Crippen molar-refractivity contribution in [3.63, 3.8) is 0 Å². The zero-order valence-electron chi connectivity index (χ0n) is 16.9. The molecule has 0 bridgehead atoms. The lowest BCUT2D eigenvalue weighted by Gasteiger charge is -2.17. The molecule has 6 nitrogen and oxygen atoms in total. The first kappa shape index (κ1) is 20.2. The van der Waals surface area contributed by atoms with Crippen molar-refractivity contribution in [3.05, 3.63) is 77.1 Å². The highest BCUT2D eigenvalue weighted by Gasteiger charge is 2.25. The average molecular weight is 392 g/mol. The number of ketones is 1. The van der Waals surface area contributed by atoms with E-state index in [4.69, 9.17) is 9.47 Å². The van der Waals surface area contributed by atoms with Crippen LogP contribution in [0.1, 0.15) is 39.0 Å². The summed E-state index contributed by atoms with van der Waals surface area (Å²) in [6, 6.07) is 16.3. The van der Waals surface area contributed by atoms with Crippen LogP contribution in [0.2, 0.25) is 0 Å².